The Labute approximate surface area is 158 Å². The van der Waals surface area contributed by atoms with E-state index in [9.17, 15) is 9.59 Å². The fourth-order valence-corrected chi connectivity index (χ4v) is 3.01. The first-order valence-electron chi connectivity index (χ1n) is 9.18. The average molecular weight is 364 g/mol. The zero-order valence-electron chi connectivity index (χ0n) is 15.8. The number of aromatic nitrogens is 1. The second-order valence-corrected chi connectivity index (χ2v) is 6.68. The summed E-state index contributed by atoms with van der Waals surface area (Å²) >= 11 is 0. The normalized spacial score (nSPS) is 13.1. The van der Waals surface area contributed by atoms with Crippen molar-refractivity contribution in [2.75, 3.05) is 5.32 Å². The number of carbonyl (C=O) groups excluding carboxylic acids is 2. The van der Waals surface area contributed by atoms with Crippen molar-refractivity contribution in [2.24, 2.45) is 0 Å². The van der Waals surface area contributed by atoms with Crippen molar-refractivity contribution >= 4 is 28.5 Å². The number of amides is 1. The van der Waals surface area contributed by atoms with Crippen LogP contribution < -0.4 is 5.32 Å². The Kier molecular flexibility index (Phi) is 5.60. The standard InChI is InChI=1S/C22H24N2O3/c1-4-14(2)16-9-5-8-12-20(16)24-21(25)15(3)27-22(26)18-13-23-19-11-7-6-10-17(18)19/h5-15,23H,4H2,1-3H3,(H,24,25)/t14-,15+/m1/s1. The van der Waals surface area contributed by atoms with Crippen molar-refractivity contribution < 1.29 is 14.3 Å². The molecular formula is C22H24N2O3. The lowest BCUT2D eigenvalue weighted by Crippen LogP contribution is -2.30. The van der Waals surface area contributed by atoms with E-state index in [1.165, 1.54) is 0 Å². The first kappa shape index (κ1) is 18.7. The minimum atomic E-state index is -0.906. The maximum atomic E-state index is 12.5. The zero-order chi connectivity index (χ0) is 19.4. The Morgan fingerprint density at radius 3 is 2.56 bits per heavy atom. The van der Waals surface area contributed by atoms with Crippen LogP contribution in [0.3, 0.4) is 0 Å². The van der Waals surface area contributed by atoms with Crippen LogP contribution in [0.15, 0.2) is 54.7 Å². The molecule has 0 saturated heterocycles. The van der Waals surface area contributed by atoms with Gasteiger partial charge in [-0.15, -0.1) is 0 Å². The number of esters is 1. The number of fused-ring (bicyclic) bond motifs is 1. The highest BCUT2D eigenvalue weighted by molar-refractivity contribution is 6.05. The van der Waals surface area contributed by atoms with Gasteiger partial charge < -0.3 is 15.0 Å². The number of aromatic amines is 1. The van der Waals surface area contributed by atoms with Gasteiger partial charge in [-0.05, 0) is 37.0 Å². The largest absolute Gasteiger partial charge is 0.449 e. The predicted octanol–water partition coefficient (Wildman–Crippen LogP) is 4.87. The SMILES string of the molecule is CC[C@@H](C)c1ccccc1NC(=O)[C@H](C)OC(=O)c1c[nH]c2ccccc12. The number of hydrogen-bond donors (Lipinski definition) is 2. The number of nitrogens with one attached hydrogen (secondary N) is 2. The van der Waals surface area contributed by atoms with Gasteiger partial charge in [-0.1, -0.05) is 50.2 Å². The first-order valence-corrected chi connectivity index (χ1v) is 9.18. The number of H-pyrrole nitrogens is 1. The van der Waals surface area contributed by atoms with Crippen molar-refractivity contribution in [3.8, 4) is 0 Å². The molecule has 140 valence electrons. The molecular weight excluding hydrogens is 340 g/mol. The molecule has 2 atom stereocenters. The predicted molar refractivity (Wildman–Crippen MR) is 107 cm³/mol. The fourth-order valence-electron chi connectivity index (χ4n) is 3.01. The summed E-state index contributed by atoms with van der Waals surface area (Å²) < 4.78 is 5.39. The van der Waals surface area contributed by atoms with Crippen LogP contribution in [0, 0.1) is 0 Å². The number of para-hydroxylation sites is 2. The van der Waals surface area contributed by atoms with Gasteiger partial charge in [-0.25, -0.2) is 4.79 Å². The fraction of sp³-hybridized carbons (Fsp3) is 0.273. The van der Waals surface area contributed by atoms with Gasteiger partial charge in [0.1, 0.15) is 0 Å². The van der Waals surface area contributed by atoms with Crippen molar-refractivity contribution in [3.05, 3.63) is 65.9 Å². The van der Waals surface area contributed by atoms with E-state index in [1.54, 1.807) is 13.1 Å². The van der Waals surface area contributed by atoms with E-state index in [-0.39, 0.29) is 5.91 Å². The molecule has 0 saturated carbocycles. The van der Waals surface area contributed by atoms with Crippen LogP contribution in [0.2, 0.25) is 0 Å². The third-order valence-corrected chi connectivity index (χ3v) is 4.82. The third-order valence-electron chi connectivity index (χ3n) is 4.82. The number of carbonyl (C=O) groups is 2. The summed E-state index contributed by atoms with van der Waals surface area (Å²) in [6.07, 6.45) is 1.67. The van der Waals surface area contributed by atoms with Crippen LogP contribution in [-0.2, 0) is 9.53 Å². The van der Waals surface area contributed by atoms with Gasteiger partial charge in [0, 0.05) is 22.8 Å². The monoisotopic (exact) mass is 364 g/mol. The van der Waals surface area contributed by atoms with Gasteiger partial charge in [0.25, 0.3) is 5.91 Å². The van der Waals surface area contributed by atoms with Crippen LogP contribution in [0.5, 0.6) is 0 Å². The smallest absolute Gasteiger partial charge is 0.341 e. The Balaban J connectivity index is 1.70. The summed E-state index contributed by atoms with van der Waals surface area (Å²) in [5, 5.41) is 3.66. The molecule has 0 fully saturated rings. The highest BCUT2D eigenvalue weighted by Crippen LogP contribution is 2.27. The number of ether oxygens (including phenoxy) is 1. The van der Waals surface area contributed by atoms with Gasteiger partial charge >= 0.3 is 5.97 Å². The van der Waals surface area contributed by atoms with Gasteiger partial charge in [-0.2, -0.15) is 0 Å². The minimum absolute atomic E-state index is 0.325. The van der Waals surface area contributed by atoms with Gasteiger partial charge in [-0.3, -0.25) is 4.79 Å². The van der Waals surface area contributed by atoms with Crippen LogP contribution >= 0.6 is 0 Å². The second kappa shape index (κ2) is 8.08. The summed E-state index contributed by atoms with van der Waals surface area (Å²) in [4.78, 5) is 28.1. The van der Waals surface area contributed by atoms with Gasteiger partial charge in [0.15, 0.2) is 6.10 Å². The van der Waals surface area contributed by atoms with Crippen LogP contribution in [0.25, 0.3) is 10.9 Å². The second-order valence-electron chi connectivity index (χ2n) is 6.68. The molecule has 0 radical (unpaired) electrons. The lowest BCUT2D eigenvalue weighted by Gasteiger charge is -2.18. The topological polar surface area (TPSA) is 71.2 Å². The van der Waals surface area contributed by atoms with E-state index in [2.05, 4.69) is 24.1 Å². The van der Waals surface area contributed by atoms with Crippen molar-refractivity contribution in [2.45, 2.75) is 39.2 Å². The molecule has 0 aliphatic rings. The maximum Gasteiger partial charge on any atom is 0.341 e. The molecule has 5 heteroatoms. The summed E-state index contributed by atoms with van der Waals surface area (Å²) in [6, 6.07) is 15.2. The average Bonchev–Trinajstić information content (AvgIpc) is 3.12. The number of hydrogen-bond acceptors (Lipinski definition) is 3. The molecule has 1 aromatic heterocycles. The van der Waals surface area contributed by atoms with E-state index in [4.69, 9.17) is 4.74 Å². The Bertz CT molecular complexity index is 961. The summed E-state index contributed by atoms with van der Waals surface area (Å²) in [5.74, 6) is -0.546. The molecule has 1 heterocycles. The number of rotatable bonds is 6. The molecule has 0 unspecified atom stereocenters. The molecule has 3 rings (SSSR count). The molecule has 5 nitrogen and oxygen atoms in total. The summed E-state index contributed by atoms with van der Waals surface area (Å²) in [7, 11) is 0. The Morgan fingerprint density at radius 2 is 1.78 bits per heavy atom. The third kappa shape index (κ3) is 4.03. The molecule has 3 aromatic rings. The van der Waals surface area contributed by atoms with E-state index in [1.807, 2.05) is 48.5 Å². The molecule has 0 aliphatic heterocycles. The van der Waals surface area contributed by atoms with Crippen LogP contribution in [0.4, 0.5) is 5.69 Å². The van der Waals surface area contributed by atoms with E-state index in [0.717, 1.165) is 28.6 Å². The van der Waals surface area contributed by atoms with Crippen molar-refractivity contribution in [1.82, 2.24) is 4.98 Å². The minimum Gasteiger partial charge on any atom is -0.449 e. The number of anilines is 1. The Morgan fingerprint density at radius 1 is 1.07 bits per heavy atom. The van der Waals surface area contributed by atoms with Crippen LogP contribution in [-0.4, -0.2) is 23.0 Å². The highest BCUT2D eigenvalue weighted by Gasteiger charge is 2.22. The molecule has 0 aliphatic carbocycles. The lowest BCUT2D eigenvalue weighted by molar-refractivity contribution is -0.123. The van der Waals surface area contributed by atoms with E-state index < -0.39 is 12.1 Å². The summed E-state index contributed by atoms with van der Waals surface area (Å²) in [5.41, 5.74) is 3.10. The highest BCUT2D eigenvalue weighted by atomic mass is 16.5. The maximum absolute atomic E-state index is 12.5. The first-order chi connectivity index (χ1) is 13.0. The Hall–Kier alpha value is -3.08. The molecule has 0 bridgehead atoms. The molecule has 2 aromatic carbocycles. The van der Waals surface area contributed by atoms with Crippen molar-refractivity contribution in [1.29, 1.82) is 0 Å². The van der Waals surface area contributed by atoms with Gasteiger partial charge in [0.2, 0.25) is 0 Å². The van der Waals surface area contributed by atoms with Gasteiger partial charge in [0.05, 0.1) is 5.56 Å². The van der Waals surface area contributed by atoms with E-state index >= 15 is 0 Å². The molecule has 27 heavy (non-hydrogen) atoms. The summed E-state index contributed by atoms with van der Waals surface area (Å²) in [6.45, 7) is 5.80. The zero-order valence-corrected chi connectivity index (χ0v) is 15.8. The molecule has 1 amide bonds. The van der Waals surface area contributed by atoms with E-state index in [0.29, 0.717) is 11.5 Å². The lowest BCUT2D eigenvalue weighted by atomic mass is 9.97. The van der Waals surface area contributed by atoms with Crippen molar-refractivity contribution in [3.63, 3.8) is 0 Å². The number of benzene rings is 2. The molecule has 0 spiro atoms. The van der Waals surface area contributed by atoms with Crippen LogP contribution in [0.1, 0.15) is 49.0 Å². The quantitative estimate of drug-likeness (QED) is 0.613. The molecule has 2 N–H and O–H groups in total.